The van der Waals surface area contributed by atoms with Crippen LogP contribution in [0.25, 0.3) is 11.0 Å². The van der Waals surface area contributed by atoms with Crippen LogP contribution in [-0.2, 0) is 4.74 Å². The van der Waals surface area contributed by atoms with E-state index in [0.717, 1.165) is 10.9 Å². The fourth-order valence-electron chi connectivity index (χ4n) is 1.89. The highest BCUT2D eigenvalue weighted by Gasteiger charge is 2.17. The molecule has 0 spiro atoms. The van der Waals surface area contributed by atoms with E-state index in [0.29, 0.717) is 23.8 Å². The maximum Gasteiger partial charge on any atom is 0.287 e. The van der Waals surface area contributed by atoms with E-state index < -0.39 is 0 Å². The average molecular weight is 298 g/mol. The molecule has 6 heteroatoms. The van der Waals surface area contributed by atoms with Gasteiger partial charge in [0, 0.05) is 22.5 Å². The normalized spacial score (nSPS) is 10.9. The first-order valence-electron chi connectivity index (χ1n) is 6.29. The third kappa shape index (κ3) is 3.30. The molecule has 0 atom stereocenters. The second-order valence-electron chi connectivity index (χ2n) is 4.29. The van der Waals surface area contributed by atoms with E-state index in [2.05, 4.69) is 5.32 Å². The topological polar surface area (TPSA) is 71.7 Å². The summed E-state index contributed by atoms with van der Waals surface area (Å²) < 4.78 is 10.6. The summed E-state index contributed by atoms with van der Waals surface area (Å²) in [7, 11) is 0. The summed E-state index contributed by atoms with van der Waals surface area (Å²) >= 11 is 5.93. The summed E-state index contributed by atoms with van der Waals surface area (Å²) in [4.78, 5) is 12.0. The molecule has 1 amide bonds. The zero-order valence-electron chi connectivity index (χ0n) is 11.1. The SMILES string of the molecule is Cc1c(C(=O)NCCOCCO)oc2ccc(Cl)cc12. The number of aryl methyl sites for hydroxylation is 1. The number of hydrogen-bond acceptors (Lipinski definition) is 4. The predicted octanol–water partition coefficient (Wildman–Crippen LogP) is 2.13. The Bertz CT molecular complexity index is 608. The van der Waals surface area contributed by atoms with Gasteiger partial charge in [-0.25, -0.2) is 0 Å². The van der Waals surface area contributed by atoms with Crippen molar-refractivity contribution in [2.75, 3.05) is 26.4 Å². The summed E-state index contributed by atoms with van der Waals surface area (Å²) in [6.07, 6.45) is 0. The smallest absolute Gasteiger partial charge is 0.287 e. The summed E-state index contributed by atoms with van der Waals surface area (Å²) in [6, 6.07) is 5.24. The van der Waals surface area contributed by atoms with Gasteiger partial charge in [0.05, 0.1) is 19.8 Å². The summed E-state index contributed by atoms with van der Waals surface area (Å²) in [5.74, 6) is -0.00755. The number of nitrogens with one attached hydrogen (secondary N) is 1. The van der Waals surface area contributed by atoms with Crippen molar-refractivity contribution in [3.8, 4) is 0 Å². The molecule has 2 aromatic rings. The van der Waals surface area contributed by atoms with Crippen molar-refractivity contribution in [1.82, 2.24) is 5.32 Å². The Hall–Kier alpha value is -1.56. The lowest BCUT2D eigenvalue weighted by Crippen LogP contribution is -2.27. The van der Waals surface area contributed by atoms with Gasteiger partial charge in [0.25, 0.3) is 5.91 Å². The molecule has 0 radical (unpaired) electrons. The van der Waals surface area contributed by atoms with Crippen LogP contribution in [0.5, 0.6) is 0 Å². The van der Waals surface area contributed by atoms with E-state index in [9.17, 15) is 4.79 Å². The quantitative estimate of drug-likeness (QED) is 0.801. The van der Waals surface area contributed by atoms with Gasteiger partial charge in [-0.2, -0.15) is 0 Å². The second kappa shape index (κ2) is 6.74. The molecule has 2 N–H and O–H groups in total. The number of ether oxygens (including phenoxy) is 1. The summed E-state index contributed by atoms with van der Waals surface area (Å²) in [5.41, 5.74) is 1.39. The molecule has 2 rings (SSSR count). The third-order valence-electron chi connectivity index (χ3n) is 2.87. The zero-order chi connectivity index (χ0) is 14.5. The molecule has 5 nitrogen and oxygen atoms in total. The lowest BCUT2D eigenvalue weighted by atomic mass is 10.1. The summed E-state index contributed by atoms with van der Waals surface area (Å²) in [6.45, 7) is 2.75. The molecule has 0 aliphatic rings. The molecule has 20 heavy (non-hydrogen) atoms. The highest BCUT2D eigenvalue weighted by atomic mass is 35.5. The summed E-state index contributed by atoms with van der Waals surface area (Å²) in [5, 5.41) is 12.7. The van der Waals surface area contributed by atoms with Crippen molar-refractivity contribution in [3.63, 3.8) is 0 Å². The van der Waals surface area contributed by atoms with Gasteiger partial charge in [0.15, 0.2) is 5.76 Å². The van der Waals surface area contributed by atoms with E-state index in [1.54, 1.807) is 18.2 Å². The molecule has 0 fully saturated rings. The minimum absolute atomic E-state index is 0.0304. The lowest BCUT2D eigenvalue weighted by Gasteiger charge is -2.04. The monoisotopic (exact) mass is 297 g/mol. The van der Waals surface area contributed by atoms with Crippen LogP contribution in [0, 0.1) is 6.92 Å². The Morgan fingerprint density at radius 3 is 3.00 bits per heavy atom. The van der Waals surface area contributed by atoms with Crippen molar-refractivity contribution >= 4 is 28.5 Å². The first-order valence-corrected chi connectivity index (χ1v) is 6.66. The molecule has 1 heterocycles. The molecule has 0 aliphatic carbocycles. The molecule has 108 valence electrons. The Kier molecular flexibility index (Phi) is 5.00. The van der Waals surface area contributed by atoms with Gasteiger partial charge < -0.3 is 19.6 Å². The molecule has 1 aromatic carbocycles. The largest absolute Gasteiger partial charge is 0.451 e. The standard InChI is InChI=1S/C14H16ClNO4/c1-9-11-8-10(15)2-3-12(11)20-13(9)14(18)16-4-6-19-7-5-17/h2-3,8,17H,4-7H2,1H3,(H,16,18). The van der Waals surface area contributed by atoms with E-state index in [4.69, 9.17) is 25.9 Å². The van der Waals surface area contributed by atoms with Crippen molar-refractivity contribution in [2.45, 2.75) is 6.92 Å². The highest BCUT2D eigenvalue weighted by molar-refractivity contribution is 6.31. The van der Waals surface area contributed by atoms with Gasteiger partial charge >= 0.3 is 0 Å². The number of benzene rings is 1. The van der Waals surface area contributed by atoms with Crippen molar-refractivity contribution in [2.24, 2.45) is 0 Å². The van der Waals surface area contributed by atoms with Gasteiger partial charge in [0.1, 0.15) is 5.58 Å². The predicted molar refractivity (Wildman–Crippen MR) is 76.2 cm³/mol. The van der Waals surface area contributed by atoms with E-state index in [-0.39, 0.29) is 24.9 Å². The molecule has 0 bridgehead atoms. The molecule has 0 aliphatic heterocycles. The van der Waals surface area contributed by atoms with Gasteiger partial charge in [-0.3, -0.25) is 4.79 Å². The number of carbonyl (C=O) groups excluding carboxylic acids is 1. The van der Waals surface area contributed by atoms with Crippen LogP contribution in [0.1, 0.15) is 16.1 Å². The second-order valence-corrected chi connectivity index (χ2v) is 4.72. The van der Waals surface area contributed by atoms with Gasteiger partial charge in [-0.1, -0.05) is 11.6 Å². The Morgan fingerprint density at radius 2 is 2.25 bits per heavy atom. The highest BCUT2D eigenvalue weighted by Crippen LogP contribution is 2.27. The van der Waals surface area contributed by atoms with Gasteiger partial charge in [0.2, 0.25) is 0 Å². The van der Waals surface area contributed by atoms with Crippen LogP contribution in [-0.4, -0.2) is 37.4 Å². The van der Waals surface area contributed by atoms with E-state index in [1.807, 2.05) is 6.92 Å². The number of carbonyl (C=O) groups is 1. The zero-order valence-corrected chi connectivity index (χ0v) is 11.9. The number of halogens is 1. The Labute approximate surface area is 121 Å². The van der Waals surface area contributed by atoms with Gasteiger partial charge in [-0.05, 0) is 25.1 Å². The first kappa shape index (κ1) is 14.8. The number of amides is 1. The maximum absolute atomic E-state index is 12.0. The average Bonchev–Trinajstić information content (AvgIpc) is 2.76. The lowest BCUT2D eigenvalue weighted by molar-refractivity contribution is 0.0822. The van der Waals surface area contributed by atoms with Crippen LogP contribution in [0.4, 0.5) is 0 Å². The maximum atomic E-state index is 12.0. The molecular formula is C14H16ClNO4. The minimum atomic E-state index is -0.289. The fourth-order valence-corrected chi connectivity index (χ4v) is 2.07. The number of furan rings is 1. The van der Waals surface area contributed by atoms with E-state index in [1.165, 1.54) is 0 Å². The molecule has 1 aromatic heterocycles. The Morgan fingerprint density at radius 1 is 1.45 bits per heavy atom. The number of rotatable bonds is 6. The first-order chi connectivity index (χ1) is 9.63. The number of hydrogen-bond donors (Lipinski definition) is 2. The molecule has 0 unspecified atom stereocenters. The van der Waals surface area contributed by atoms with Crippen molar-refractivity contribution in [1.29, 1.82) is 0 Å². The number of aliphatic hydroxyl groups excluding tert-OH is 1. The molecular weight excluding hydrogens is 282 g/mol. The Balaban J connectivity index is 2.05. The molecule has 0 saturated heterocycles. The van der Waals surface area contributed by atoms with Crippen LogP contribution >= 0.6 is 11.6 Å². The van der Waals surface area contributed by atoms with Crippen molar-refractivity contribution < 1.29 is 19.1 Å². The van der Waals surface area contributed by atoms with Crippen molar-refractivity contribution in [3.05, 3.63) is 34.5 Å². The molecule has 0 saturated carbocycles. The van der Waals surface area contributed by atoms with Crippen LogP contribution in [0.2, 0.25) is 5.02 Å². The number of fused-ring (bicyclic) bond motifs is 1. The van der Waals surface area contributed by atoms with Crippen LogP contribution < -0.4 is 5.32 Å². The minimum Gasteiger partial charge on any atom is -0.451 e. The van der Waals surface area contributed by atoms with Crippen LogP contribution in [0.3, 0.4) is 0 Å². The number of aliphatic hydroxyl groups is 1. The van der Waals surface area contributed by atoms with E-state index >= 15 is 0 Å². The van der Waals surface area contributed by atoms with Gasteiger partial charge in [-0.15, -0.1) is 0 Å². The van der Waals surface area contributed by atoms with Crippen LogP contribution in [0.15, 0.2) is 22.6 Å². The fraction of sp³-hybridized carbons (Fsp3) is 0.357. The third-order valence-corrected chi connectivity index (χ3v) is 3.11.